The Kier molecular flexibility index (Phi) is 5.35. The van der Waals surface area contributed by atoms with Gasteiger partial charge in [-0.1, -0.05) is 0 Å². The fraction of sp³-hybridized carbons (Fsp3) is 1.00. The van der Waals surface area contributed by atoms with E-state index in [4.69, 9.17) is 20.4 Å². The van der Waals surface area contributed by atoms with Crippen LogP contribution < -0.4 is 0 Å². The zero-order chi connectivity index (χ0) is 8.85. The first kappa shape index (κ1) is 10.8. The second-order valence-electron chi connectivity index (χ2n) is 2.18. The smallest absolute Gasteiger partial charge is 0.181 e. The minimum absolute atomic E-state index is 0.109. The summed E-state index contributed by atoms with van der Waals surface area (Å²) in [7, 11) is 1.00. The molecule has 5 heteroatoms. The van der Waals surface area contributed by atoms with Gasteiger partial charge in [0, 0.05) is 13.5 Å². The molecule has 0 spiro atoms. The lowest BCUT2D eigenvalue weighted by Gasteiger charge is -2.26. The van der Waals surface area contributed by atoms with E-state index in [1.165, 1.54) is 0 Å². The van der Waals surface area contributed by atoms with Crippen molar-refractivity contribution in [3.05, 3.63) is 0 Å². The third-order valence-electron chi connectivity index (χ3n) is 1.30. The summed E-state index contributed by atoms with van der Waals surface area (Å²) in [6.07, 6.45) is -2.49. The lowest BCUT2D eigenvalue weighted by Crippen LogP contribution is -2.40. The fourth-order valence-electron chi connectivity index (χ4n) is 0.784. The summed E-state index contributed by atoms with van der Waals surface area (Å²) in [5, 5.41) is 33.3. The Balaban J connectivity index is 0.000000461. The van der Waals surface area contributed by atoms with Gasteiger partial charge in [-0.25, -0.2) is 0 Å². The average molecular weight is 166 g/mol. The van der Waals surface area contributed by atoms with Crippen molar-refractivity contribution in [2.75, 3.05) is 13.7 Å². The molecule has 68 valence electrons. The standard InChI is InChI=1S/C5H10O4.CH4O/c6-3-1-4(7)5(8)9-2-3;1-2/h3-8H,1-2H2;2H,1H3/t3-,4?,5-;/m1./s1. The molecule has 0 bridgehead atoms. The van der Waals surface area contributed by atoms with Crippen LogP contribution in [0.2, 0.25) is 0 Å². The van der Waals surface area contributed by atoms with Gasteiger partial charge in [-0.3, -0.25) is 0 Å². The van der Waals surface area contributed by atoms with Crippen molar-refractivity contribution in [2.45, 2.75) is 24.9 Å². The Hall–Kier alpha value is -0.200. The van der Waals surface area contributed by atoms with Gasteiger partial charge in [-0.05, 0) is 0 Å². The second kappa shape index (κ2) is 5.45. The van der Waals surface area contributed by atoms with Gasteiger partial charge in [0.25, 0.3) is 0 Å². The fourth-order valence-corrected chi connectivity index (χ4v) is 0.784. The van der Waals surface area contributed by atoms with Crippen molar-refractivity contribution in [2.24, 2.45) is 0 Å². The molecule has 0 aromatic rings. The summed E-state index contributed by atoms with van der Waals surface area (Å²) in [5.41, 5.74) is 0. The molecule has 1 unspecified atom stereocenters. The maximum atomic E-state index is 8.81. The van der Waals surface area contributed by atoms with E-state index in [1.807, 2.05) is 0 Å². The van der Waals surface area contributed by atoms with Gasteiger partial charge in [0.15, 0.2) is 6.29 Å². The molecule has 0 radical (unpaired) electrons. The maximum Gasteiger partial charge on any atom is 0.181 e. The normalized spacial score (nSPS) is 37.4. The topological polar surface area (TPSA) is 90.2 Å². The first-order valence-corrected chi connectivity index (χ1v) is 3.30. The molecule has 1 heterocycles. The first-order chi connectivity index (χ1) is 5.20. The number of ether oxygens (including phenoxy) is 1. The highest BCUT2D eigenvalue weighted by atomic mass is 16.6. The molecule has 1 aliphatic rings. The molecule has 1 saturated heterocycles. The molecule has 0 amide bonds. The van der Waals surface area contributed by atoms with Crippen molar-refractivity contribution in [3.63, 3.8) is 0 Å². The molecule has 11 heavy (non-hydrogen) atoms. The van der Waals surface area contributed by atoms with E-state index in [9.17, 15) is 0 Å². The third kappa shape index (κ3) is 3.64. The van der Waals surface area contributed by atoms with Crippen molar-refractivity contribution < 1.29 is 25.2 Å². The third-order valence-corrected chi connectivity index (χ3v) is 1.30. The first-order valence-electron chi connectivity index (χ1n) is 3.30. The quantitative estimate of drug-likeness (QED) is 0.336. The number of aliphatic hydroxyl groups is 4. The molecule has 0 aliphatic carbocycles. The van der Waals surface area contributed by atoms with Crippen LogP contribution >= 0.6 is 0 Å². The van der Waals surface area contributed by atoms with Crippen molar-refractivity contribution in [3.8, 4) is 0 Å². The predicted molar refractivity (Wildman–Crippen MR) is 36.7 cm³/mol. The van der Waals surface area contributed by atoms with Crippen LogP contribution in [0.5, 0.6) is 0 Å². The van der Waals surface area contributed by atoms with E-state index in [0.717, 1.165) is 7.11 Å². The summed E-state index contributed by atoms with van der Waals surface area (Å²) < 4.78 is 4.56. The minimum atomic E-state index is -1.12. The van der Waals surface area contributed by atoms with E-state index in [-0.39, 0.29) is 13.0 Å². The zero-order valence-corrected chi connectivity index (χ0v) is 6.34. The van der Waals surface area contributed by atoms with Crippen LogP contribution in [0, 0.1) is 0 Å². The van der Waals surface area contributed by atoms with Crippen LogP contribution in [0.3, 0.4) is 0 Å². The average Bonchev–Trinajstić information content (AvgIpc) is 2.02. The lowest BCUT2D eigenvalue weighted by atomic mass is 10.1. The number of hydrogen-bond acceptors (Lipinski definition) is 5. The second-order valence-corrected chi connectivity index (χ2v) is 2.18. The highest BCUT2D eigenvalue weighted by Gasteiger charge is 2.26. The predicted octanol–water partition coefficient (Wildman–Crippen LogP) is -1.94. The van der Waals surface area contributed by atoms with Crippen LogP contribution in [0.1, 0.15) is 6.42 Å². The molecule has 1 fully saturated rings. The molecule has 0 aromatic heterocycles. The van der Waals surface area contributed by atoms with Crippen molar-refractivity contribution in [1.82, 2.24) is 0 Å². The number of rotatable bonds is 0. The Morgan fingerprint density at radius 1 is 1.18 bits per heavy atom. The maximum absolute atomic E-state index is 8.81. The number of aliphatic hydroxyl groups excluding tert-OH is 4. The van der Waals surface area contributed by atoms with Gasteiger partial charge in [-0.2, -0.15) is 0 Å². The Morgan fingerprint density at radius 2 is 1.73 bits per heavy atom. The number of hydrogen-bond donors (Lipinski definition) is 4. The molecular weight excluding hydrogens is 152 g/mol. The summed E-state index contributed by atoms with van der Waals surface area (Å²) in [5.74, 6) is 0. The van der Waals surface area contributed by atoms with Crippen LogP contribution in [0.15, 0.2) is 0 Å². The Morgan fingerprint density at radius 3 is 2.09 bits per heavy atom. The molecule has 4 N–H and O–H groups in total. The van der Waals surface area contributed by atoms with E-state index < -0.39 is 18.5 Å². The Bertz CT molecular complexity index is 97.0. The van der Waals surface area contributed by atoms with E-state index >= 15 is 0 Å². The van der Waals surface area contributed by atoms with E-state index in [0.29, 0.717) is 0 Å². The van der Waals surface area contributed by atoms with Gasteiger partial charge in [0.05, 0.1) is 12.7 Å². The molecular formula is C6H14O5. The molecule has 3 atom stereocenters. The van der Waals surface area contributed by atoms with Crippen LogP contribution in [0.4, 0.5) is 0 Å². The van der Waals surface area contributed by atoms with Gasteiger partial charge < -0.3 is 25.2 Å². The van der Waals surface area contributed by atoms with E-state index in [2.05, 4.69) is 4.74 Å². The van der Waals surface area contributed by atoms with Crippen LogP contribution in [-0.2, 0) is 4.74 Å². The van der Waals surface area contributed by atoms with Crippen molar-refractivity contribution in [1.29, 1.82) is 0 Å². The summed E-state index contributed by atoms with van der Waals surface area (Å²) in [6.45, 7) is 0.109. The summed E-state index contributed by atoms with van der Waals surface area (Å²) >= 11 is 0. The largest absolute Gasteiger partial charge is 0.400 e. The van der Waals surface area contributed by atoms with Crippen LogP contribution in [-0.4, -0.2) is 52.6 Å². The minimum Gasteiger partial charge on any atom is -0.400 e. The Labute approximate surface area is 64.9 Å². The lowest BCUT2D eigenvalue weighted by molar-refractivity contribution is -0.211. The molecule has 0 aromatic carbocycles. The molecule has 0 saturated carbocycles. The van der Waals surface area contributed by atoms with Crippen LogP contribution in [0.25, 0.3) is 0 Å². The molecule has 1 aliphatic heterocycles. The van der Waals surface area contributed by atoms with Gasteiger partial charge >= 0.3 is 0 Å². The van der Waals surface area contributed by atoms with Gasteiger partial charge in [-0.15, -0.1) is 0 Å². The van der Waals surface area contributed by atoms with Crippen molar-refractivity contribution >= 4 is 0 Å². The monoisotopic (exact) mass is 166 g/mol. The SMILES string of the molecule is CO.OC1C[C@@H](O)CO[C@H]1O. The van der Waals surface area contributed by atoms with Gasteiger partial charge in [0.1, 0.15) is 6.10 Å². The van der Waals surface area contributed by atoms with Gasteiger partial charge in [0.2, 0.25) is 0 Å². The molecule has 5 nitrogen and oxygen atoms in total. The zero-order valence-electron chi connectivity index (χ0n) is 6.34. The van der Waals surface area contributed by atoms with E-state index in [1.54, 1.807) is 0 Å². The molecule has 1 rings (SSSR count). The summed E-state index contributed by atoms with van der Waals surface area (Å²) in [6, 6.07) is 0. The summed E-state index contributed by atoms with van der Waals surface area (Å²) in [4.78, 5) is 0. The highest BCUT2D eigenvalue weighted by Crippen LogP contribution is 2.11. The highest BCUT2D eigenvalue weighted by molar-refractivity contribution is 4.70.